The maximum absolute atomic E-state index is 12.7. The smallest absolute Gasteiger partial charge is 0.243 e. The predicted octanol–water partition coefficient (Wildman–Crippen LogP) is 3.98. The fourth-order valence-electron chi connectivity index (χ4n) is 3.09. The van der Waals surface area contributed by atoms with E-state index in [1.807, 2.05) is 4.90 Å². The minimum absolute atomic E-state index is 0.260. The Kier molecular flexibility index (Phi) is 7.09. The lowest BCUT2D eigenvalue weighted by molar-refractivity contribution is -0.121. The molecule has 1 aliphatic rings. The number of piperazine rings is 1. The minimum Gasteiger partial charge on any atom is -0.323 e. The SMILES string of the molecule is C[C@@H](C(=O)Nc1cc(Cl)c(Cl)cc1Cl)N1CCN(S(=O)(=O)c2ccccc2)CC1. The second-order valence-corrected chi connectivity index (χ2v) is 9.82. The molecule has 156 valence electrons. The van der Waals surface area contributed by atoms with E-state index in [4.69, 9.17) is 34.8 Å². The van der Waals surface area contributed by atoms with Crippen molar-refractivity contribution >= 4 is 56.4 Å². The molecule has 1 saturated heterocycles. The van der Waals surface area contributed by atoms with E-state index in [0.29, 0.717) is 46.9 Å². The van der Waals surface area contributed by atoms with Crippen LogP contribution in [-0.2, 0) is 14.8 Å². The summed E-state index contributed by atoms with van der Waals surface area (Å²) in [5.41, 5.74) is 0.378. The Morgan fingerprint density at radius 3 is 2.17 bits per heavy atom. The van der Waals surface area contributed by atoms with Gasteiger partial charge in [0.2, 0.25) is 15.9 Å². The molecule has 0 aliphatic carbocycles. The number of hydrogen-bond acceptors (Lipinski definition) is 4. The van der Waals surface area contributed by atoms with E-state index in [9.17, 15) is 13.2 Å². The molecule has 0 radical (unpaired) electrons. The molecule has 3 rings (SSSR count). The zero-order valence-corrected chi connectivity index (χ0v) is 18.7. The highest BCUT2D eigenvalue weighted by molar-refractivity contribution is 7.89. The Labute approximate surface area is 185 Å². The molecule has 2 aromatic carbocycles. The third-order valence-electron chi connectivity index (χ3n) is 4.85. The molecule has 1 heterocycles. The van der Waals surface area contributed by atoms with E-state index in [2.05, 4.69) is 5.32 Å². The van der Waals surface area contributed by atoms with Crippen LogP contribution < -0.4 is 5.32 Å². The molecule has 0 unspecified atom stereocenters. The van der Waals surface area contributed by atoms with Crippen molar-refractivity contribution in [1.82, 2.24) is 9.21 Å². The first-order chi connectivity index (χ1) is 13.7. The quantitative estimate of drug-likeness (QED) is 0.663. The average Bonchev–Trinajstić information content (AvgIpc) is 2.72. The summed E-state index contributed by atoms with van der Waals surface area (Å²) in [4.78, 5) is 14.8. The summed E-state index contributed by atoms with van der Waals surface area (Å²) < 4.78 is 26.9. The first-order valence-electron chi connectivity index (χ1n) is 8.95. The Hall–Kier alpha value is -1.35. The van der Waals surface area contributed by atoms with Crippen molar-refractivity contribution in [2.75, 3.05) is 31.5 Å². The Balaban J connectivity index is 1.62. The molecule has 0 spiro atoms. The monoisotopic (exact) mass is 475 g/mol. The number of rotatable bonds is 5. The van der Waals surface area contributed by atoms with Crippen LogP contribution in [0.2, 0.25) is 15.1 Å². The molecule has 1 N–H and O–H groups in total. The molecule has 1 amide bonds. The van der Waals surface area contributed by atoms with Crippen molar-refractivity contribution in [3.8, 4) is 0 Å². The van der Waals surface area contributed by atoms with E-state index in [1.165, 1.54) is 16.4 Å². The van der Waals surface area contributed by atoms with Crippen molar-refractivity contribution in [2.45, 2.75) is 17.9 Å². The number of carbonyl (C=O) groups is 1. The van der Waals surface area contributed by atoms with Crippen molar-refractivity contribution in [1.29, 1.82) is 0 Å². The molecule has 6 nitrogen and oxygen atoms in total. The first-order valence-corrected chi connectivity index (χ1v) is 11.5. The number of carbonyl (C=O) groups excluding carboxylic acids is 1. The van der Waals surface area contributed by atoms with Crippen molar-refractivity contribution in [2.24, 2.45) is 0 Å². The molecule has 29 heavy (non-hydrogen) atoms. The van der Waals surface area contributed by atoms with Crippen LogP contribution in [0.4, 0.5) is 5.69 Å². The van der Waals surface area contributed by atoms with Crippen LogP contribution in [0.15, 0.2) is 47.4 Å². The number of anilines is 1. The molecular formula is C19H20Cl3N3O3S. The number of nitrogens with zero attached hydrogens (tertiary/aromatic N) is 2. The number of sulfonamides is 1. The molecule has 10 heteroatoms. The van der Waals surface area contributed by atoms with Gasteiger partial charge < -0.3 is 5.32 Å². The third kappa shape index (κ3) is 5.05. The van der Waals surface area contributed by atoms with Gasteiger partial charge in [0.25, 0.3) is 0 Å². The first kappa shape index (κ1) is 22.3. The summed E-state index contributed by atoms with van der Waals surface area (Å²) in [6.45, 7) is 3.26. The number of hydrogen-bond donors (Lipinski definition) is 1. The Bertz CT molecular complexity index is 995. The van der Waals surface area contributed by atoms with Gasteiger partial charge in [-0.15, -0.1) is 0 Å². The van der Waals surface area contributed by atoms with E-state index in [1.54, 1.807) is 37.3 Å². The average molecular weight is 477 g/mol. The van der Waals surface area contributed by atoms with Crippen LogP contribution in [0.1, 0.15) is 6.92 Å². The van der Waals surface area contributed by atoms with Crippen molar-refractivity contribution < 1.29 is 13.2 Å². The summed E-state index contributed by atoms with van der Waals surface area (Å²) in [6, 6.07) is 10.8. The van der Waals surface area contributed by atoms with Gasteiger partial charge in [-0.1, -0.05) is 53.0 Å². The van der Waals surface area contributed by atoms with Crippen LogP contribution in [-0.4, -0.2) is 55.8 Å². The van der Waals surface area contributed by atoms with Gasteiger partial charge >= 0.3 is 0 Å². The lowest BCUT2D eigenvalue weighted by atomic mass is 10.2. The summed E-state index contributed by atoms with van der Waals surface area (Å²) in [5, 5.41) is 3.64. The topological polar surface area (TPSA) is 69.7 Å². The van der Waals surface area contributed by atoms with Gasteiger partial charge in [0, 0.05) is 26.2 Å². The highest BCUT2D eigenvalue weighted by Crippen LogP contribution is 2.32. The van der Waals surface area contributed by atoms with E-state index in [0.717, 1.165) is 0 Å². The van der Waals surface area contributed by atoms with Gasteiger partial charge in [0.05, 0.1) is 31.7 Å². The van der Waals surface area contributed by atoms with Gasteiger partial charge in [-0.25, -0.2) is 8.42 Å². The van der Waals surface area contributed by atoms with Crippen LogP contribution in [0, 0.1) is 0 Å². The molecule has 0 saturated carbocycles. The maximum Gasteiger partial charge on any atom is 0.243 e. The van der Waals surface area contributed by atoms with Gasteiger partial charge in [0.1, 0.15) is 0 Å². The van der Waals surface area contributed by atoms with Crippen molar-refractivity contribution in [3.63, 3.8) is 0 Å². The largest absolute Gasteiger partial charge is 0.323 e. The lowest BCUT2D eigenvalue weighted by Crippen LogP contribution is -2.53. The summed E-state index contributed by atoms with van der Waals surface area (Å²) in [6.07, 6.45) is 0. The second kappa shape index (κ2) is 9.20. The normalized spacial score (nSPS) is 17.1. The van der Waals surface area contributed by atoms with Crippen LogP contribution in [0.3, 0.4) is 0 Å². The molecular weight excluding hydrogens is 457 g/mol. The van der Waals surface area contributed by atoms with Gasteiger partial charge in [-0.3, -0.25) is 9.69 Å². The number of halogens is 3. The second-order valence-electron chi connectivity index (χ2n) is 6.66. The van der Waals surface area contributed by atoms with Gasteiger partial charge in [-0.2, -0.15) is 4.31 Å². The zero-order chi connectivity index (χ0) is 21.2. The Morgan fingerprint density at radius 2 is 1.55 bits per heavy atom. The van der Waals surface area contributed by atoms with Crippen LogP contribution >= 0.6 is 34.8 Å². The van der Waals surface area contributed by atoms with Gasteiger partial charge in [0.15, 0.2) is 0 Å². The van der Waals surface area contributed by atoms with Gasteiger partial charge in [-0.05, 0) is 31.2 Å². The fraction of sp³-hybridized carbons (Fsp3) is 0.316. The predicted molar refractivity (Wildman–Crippen MR) is 116 cm³/mol. The zero-order valence-electron chi connectivity index (χ0n) is 15.6. The molecule has 2 aromatic rings. The molecule has 1 fully saturated rings. The third-order valence-corrected chi connectivity index (χ3v) is 7.80. The van der Waals surface area contributed by atoms with E-state index < -0.39 is 16.1 Å². The molecule has 1 aliphatic heterocycles. The number of benzene rings is 2. The standard InChI is InChI=1S/C19H20Cl3N3O3S/c1-13(19(26)23-18-12-16(21)15(20)11-17(18)22)24-7-9-25(10-8-24)29(27,28)14-5-3-2-4-6-14/h2-6,11-13H,7-10H2,1H3,(H,23,26)/t13-/m0/s1. The highest BCUT2D eigenvalue weighted by Gasteiger charge is 2.31. The fourth-order valence-corrected chi connectivity index (χ4v) is 5.13. The lowest BCUT2D eigenvalue weighted by Gasteiger charge is -2.36. The molecule has 1 atom stereocenters. The Morgan fingerprint density at radius 1 is 0.966 bits per heavy atom. The summed E-state index contributed by atoms with van der Waals surface area (Å²) in [7, 11) is -3.53. The number of nitrogens with one attached hydrogen (secondary N) is 1. The highest BCUT2D eigenvalue weighted by atomic mass is 35.5. The van der Waals surface area contributed by atoms with E-state index >= 15 is 0 Å². The van der Waals surface area contributed by atoms with Crippen LogP contribution in [0.5, 0.6) is 0 Å². The van der Waals surface area contributed by atoms with Crippen LogP contribution in [0.25, 0.3) is 0 Å². The molecule has 0 bridgehead atoms. The maximum atomic E-state index is 12.7. The summed E-state index contributed by atoms with van der Waals surface area (Å²) >= 11 is 18.0. The summed E-state index contributed by atoms with van der Waals surface area (Å²) in [5.74, 6) is -0.260. The van der Waals surface area contributed by atoms with Crippen molar-refractivity contribution in [3.05, 3.63) is 57.5 Å². The number of amides is 1. The van der Waals surface area contributed by atoms with E-state index in [-0.39, 0.29) is 10.8 Å². The molecule has 0 aromatic heterocycles. The minimum atomic E-state index is -3.53.